The molecule has 2 aromatic heterocycles. The monoisotopic (exact) mass is 330 g/mol. The number of halogens is 2. The van der Waals surface area contributed by atoms with Gasteiger partial charge < -0.3 is 4.57 Å². The lowest BCUT2D eigenvalue weighted by atomic mass is 10.4. The molecule has 0 aliphatic carbocycles. The number of hydrogen-bond acceptors (Lipinski definition) is 3. The van der Waals surface area contributed by atoms with Crippen LogP contribution in [0, 0.1) is 0 Å². The second-order valence-electron chi connectivity index (χ2n) is 3.86. The summed E-state index contributed by atoms with van der Waals surface area (Å²) in [7, 11) is 0. The van der Waals surface area contributed by atoms with E-state index in [-0.39, 0.29) is 15.2 Å². The van der Waals surface area contributed by atoms with Gasteiger partial charge in [-0.2, -0.15) is 0 Å². The molecule has 7 heteroatoms. The Hall–Kier alpha value is -1.14. The number of hydrogen-bond donors (Lipinski definition) is 0. The van der Waals surface area contributed by atoms with E-state index in [2.05, 4.69) is 32.8 Å². The SMILES string of the molecule is CCCn1cncc1Cn1cnc(Cl)c(Br)c1=O. The zero-order chi connectivity index (χ0) is 13.1. The summed E-state index contributed by atoms with van der Waals surface area (Å²) >= 11 is 8.89. The standard InChI is InChI=1S/C11H12BrClN4O/c1-2-3-16-6-14-4-8(16)5-17-7-15-10(13)9(12)11(17)18/h4,6-7H,2-3,5H2,1H3. The summed E-state index contributed by atoms with van der Waals surface area (Å²) in [6.07, 6.45) is 5.98. The number of imidazole rings is 1. The van der Waals surface area contributed by atoms with Gasteiger partial charge in [0.2, 0.25) is 0 Å². The highest BCUT2D eigenvalue weighted by Crippen LogP contribution is 2.14. The number of aromatic nitrogens is 4. The van der Waals surface area contributed by atoms with Gasteiger partial charge in [-0.05, 0) is 22.4 Å². The van der Waals surface area contributed by atoms with Gasteiger partial charge in [0.15, 0.2) is 5.15 Å². The van der Waals surface area contributed by atoms with Crippen LogP contribution in [0.5, 0.6) is 0 Å². The van der Waals surface area contributed by atoms with E-state index in [1.807, 2.05) is 4.57 Å². The molecule has 5 nitrogen and oxygen atoms in total. The highest BCUT2D eigenvalue weighted by atomic mass is 79.9. The Morgan fingerprint density at radius 2 is 2.17 bits per heavy atom. The summed E-state index contributed by atoms with van der Waals surface area (Å²) in [5.41, 5.74) is 0.772. The van der Waals surface area contributed by atoms with Crippen molar-refractivity contribution in [3.63, 3.8) is 0 Å². The average molecular weight is 332 g/mol. The lowest BCUT2D eigenvalue weighted by Crippen LogP contribution is -2.23. The quantitative estimate of drug-likeness (QED) is 0.808. The highest BCUT2D eigenvalue weighted by Gasteiger charge is 2.09. The van der Waals surface area contributed by atoms with E-state index in [4.69, 9.17) is 11.6 Å². The predicted octanol–water partition coefficient (Wildman–Crippen LogP) is 2.31. The van der Waals surface area contributed by atoms with Gasteiger partial charge in [-0.25, -0.2) is 9.97 Å². The molecule has 2 heterocycles. The van der Waals surface area contributed by atoms with Gasteiger partial charge in [-0.1, -0.05) is 18.5 Å². The third kappa shape index (κ3) is 2.64. The third-order valence-corrected chi connectivity index (χ3v) is 3.77. The van der Waals surface area contributed by atoms with Crippen molar-refractivity contribution in [1.82, 2.24) is 19.1 Å². The summed E-state index contributed by atoms with van der Waals surface area (Å²) in [4.78, 5) is 20.0. The predicted molar refractivity (Wildman–Crippen MR) is 72.8 cm³/mol. The molecule has 0 N–H and O–H groups in total. The fourth-order valence-electron chi connectivity index (χ4n) is 1.65. The van der Waals surface area contributed by atoms with Crippen LogP contribution in [-0.2, 0) is 13.1 Å². The van der Waals surface area contributed by atoms with E-state index >= 15 is 0 Å². The topological polar surface area (TPSA) is 52.7 Å². The van der Waals surface area contributed by atoms with E-state index < -0.39 is 0 Å². The summed E-state index contributed by atoms with van der Waals surface area (Å²) in [6, 6.07) is 0. The van der Waals surface area contributed by atoms with Crippen LogP contribution < -0.4 is 5.56 Å². The Kier molecular flexibility index (Phi) is 4.19. The van der Waals surface area contributed by atoms with Crippen LogP contribution in [0.2, 0.25) is 5.15 Å². The Balaban J connectivity index is 2.32. The lowest BCUT2D eigenvalue weighted by molar-refractivity contribution is 0.612. The first-order valence-electron chi connectivity index (χ1n) is 5.53. The van der Waals surface area contributed by atoms with Crippen molar-refractivity contribution in [3.05, 3.63) is 44.5 Å². The second kappa shape index (κ2) is 5.67. The molecule has 0 atom stereocenters. The molecule has 0 bridgehead atoms. The summed E-state index contributed by atoms with van der Waals surface area (Å²) in [5.74, 6) is 0. The molecule has 18 heavy (non-hydrogen) atoms. The van der Waals surface area contributed by atoms with Crippen molar-refractivity contribution in [2.75, 3.05) is 0 Å². The van der Waals surface area contributed by atoms with Gasteiger partial charge >= 0.3 is 0 Å². The molecule has 0 fully saturated rings. The van der Waals surface area contributed by atoms with Gasteiger partial charge in [-0.15, -0.1) is 0 Å². The molecule has 0 radical (unpaired) electrons. The fourth-order valence-corrected chi connectivity index (χ4v) is 2.11. The number of nitrogens with zero attached hydrogens (tertiary/aromatic N) is 4. The molecule has 96 valence electrons. The second-order valence-corrected chi connectivity index (χ2v) is 5.01. The van der Waals surface area contributed by atoms with E-state index in [1.165, 1.54) is 10.9 Å². The van der Waals surface area contributed by atoms with Gasteiger partial charge in [-0.3, -0.25) is 9.36 Å². The molecule has 0 aliphatic rings. The van der Waals surface area contributed by atoms with Crippen molar-refractivity contribution in [1.29, 1.82) is 0 Å². The van der Waals surface area contributed by atoms with Crippen LogP contribution in [0.25, 0.3) is 0 Å². The number of rotatable bonds is 4. The molecule has 0 aromatic carbocycles. The Morgan fingerprint density at radius 3 is 2.89 bits per heavy atom. The highest BCUT2D eigenvalue weighted by molar-refractivity contribution is 9.10. The minimum atomic E-state index is -0.195. The van der Waals surface area contributed by atoms with E-state index in [0.29, 0.717) is 6.54 Å². The smallest absolute Gasteiger partial charge is 0.269 e. The minimum Gasteiger partial charge on any atom is -0.333 e. The average Bonchev–Trinajstić information content (AvgIpc) is 2.78. The largest absolute Gasteiger partial charge is 0.333 e. The summed E-state index contributed by atoms with van der Waals surface area (Å²) in [5, 5.41) is 0.179. The molecule has 0 aliphatic heterocycles. The van der Waals surface area contributed by atoms with Crippen LogP contribution >= 0.6 is 27.5 Å². The zero-order valence-electron chi connectivity index (χ0n) is 9.81. The Labute approximate surface area is 118 Å². The first-order chi connectivity index (χ1) is 8.63. The van der Waals surface area contributed by atoms with Crippen molar-refractivity contribution >= 4 is 27.5 Å². The van der Waals surface area contributed by atoms with Crippen molar-refractivity contribution in [2.24, 2.45) is 0 Å². The molecule has 0 unspecified atom stereocenters. The minimum absolute atomic E-state index is 0.179. The van der Waals surface area contributed by atoms with Gasteiger partial charge in [0.25, 0.3) is 5.56 Å². The first-order valence-corrected chi connectivity index (χ1v) is 6.70. The van der Waals surface area contributed by atoms with Crippen LogP contribution in [-0.4, -0.2) is 19.1 Å². The first kappa shape index (κ1) is 13.3. The molecule has 2 rings (SSSR count). The zero-order valence-corrected chi connectivity index (χ0v) is 12.1. The molecular formula is C11H12BrClN4O. The van der Waals surface area contributed by atoms with Gasteiger partial charge in [0.1, 0.15) is 4.47 Å². The molecular weight excluding hydrogens is 320 g/mol. The van der Waals surface area contributed by atoms with E-state index in [1.54, 1.807) is 12.5 Å². The van der Waals surface area contributed by atoms with Crippen LogP contribution in [0.1, 0.15) is 19.0 Å². The Bertz CT molecular complexity index is 607. The van der Waals surface area contributed by atoms with Crippen molar-refractivity contribution in [3.8, 4) is 0 Å². The summed E-state index contributed by atoms with van der Waals surface area (Å²) < 4.78 is 3.81. The van der Waals surface area contributed by atoms with Crippen molar-refractivity contribution in [2.45, 2.75) is 26.4 Å². The fraction of sp³-hybridized carbons (Fsp3) is 0.364. The number of aryl methyl sites for hydroxylation is 1. The maximum atomic E-state index is 11.9. The van der Waals surface area contributed by atoms with Gasteiger partial charge in [0.05, 0.1) is 24.9 Å². The third-order valence-electron chi connectivity index (χ3n) is 2.54. The normalized spacial score (nSPS) is 10.8. The molecule has 2 aromatic rings. The van der Waals surface area contributed by atoms with Crippen LogP contribution in [0.3, 0.4) is 0 Å². The van der Waals surface area contributed by atoms with Crippen LogP contribution in [0.15, 0.2) is 28.1 Å². The van der Waals surface area contributed by atoms with E-state index in [0.717, 1.165) is 18.7 Å². The van der Waals surface area contributed by atoms with Crippen LogP contribution in [0.4, 0.5) is 0 Å². The molecule has 0 amide bonds. The molecule has 0 saturated carbocycles. The van der Waals surface area contributed by atoms with E-state index in [9.17, 15) is 4.79 Å². The molecule has 0 saturated heterocycles. The van der Waals surface area contributed by atoms with Crippen molar-refractivity contribution < 1.29 is 0 Å². The maximum absolute atomic E-state index is 11.9. The maximum Gasteiger partial charge on any atom is 0.269 e. The molecule has 0 spiro atoms. The Morgan fingerprint density at radius 1 is 1.39 bits per heavy atom. The lowest BCUT2D eigenvalue weighted by Gasteiger charge is -2.09. The summed E-state index contributed by atoms with van der Waals surface area (Å²) in [6.45, 7) is 3.41. The van der Waals surface area contributed by atoms with Gasteiger partial charge in [0, 0.05) is 12.7 Å².